The van der Waals surface area contributed by atoms with Crippen LogP contribution in [0.2, 0.25) is 0 Å². The predicted octanol–water partition coefficient (Wildman–Crippen LogP) is 6.03. The van der Waals surface area contributed by atoms with E-state index in [1.807, 2.05) is 24.3 Å². The summed E-state index contributed by atoms with van der Waals surface area (Å²) < 4.78 is 12.9. The molecule has 0 saturated carbocycles. The quantitative estimate of drug-likeness (QED) is 0.306. The van der Waals surface area contributed by atoms with Gasteiger partial charge in [-0.2, -0.15) is 0 Å². The molecule has 0 radical (unpaired) electrons. The van der Waals surface area contributed by atoms with Gasteiger partial charge in [-0.15, -0.1) is 0 Å². The van der Waals surface area contributed by atoms with Crippen molar-refractivity contribution in [3.8, 4) is 0 Å². The number of hydrogen-bond donors (Lipinski definition) is 0. The molecule has 0 fully saturated rings. The molecule has 0 aliphatic rings. The largest absolute Gasteiger partial charge is 0.454 e. The molecule has 4 aromatic carbocycles. The van der Waals surface area contributed by atoms with Gasteiger partial charge in [0, 0.05) is 10.8 Å². The van der Waals surface area contributed by atoms with Gasteiger partial charge in [-0.1, -0.05) is 36.4 Å². The summed E-state index contributed by atoms with van der Waals surface area (Å²) in [5, 5.41) is 2.20. The van der Waals surface area contributed by atoms with Crippen LogP contribution in [-0.2, 0) is 0 Å². The highest BCUT2D eigenvalue weighted by Crippen LogP contribution is 2.38. The van der Waals surface area contributed by atoms with Crippen molar-refractivity contribution in [2.45, 2.75) is 0 Å². The van der Waals surface area contributed by atoms with Crippen LogP contribution in [0, 0.1) is 0 Å². The molecule has 0 unspecified atom stereocenters. The van der Waals surface area contributed by atoms with E-state index >= 15 is 0 Å². The maximum Gasteiger partial charge on any atom is 0.223 e. The minimum absolute atomic E-state index is 0.830. The second kappa shape index (κ2) is 4.84. The smallest absolute Gasteiger partial charge is 0.223 e. The molecule has 0 spiro atoms. The Morgan fingerprint density at radius 3 is 2.25 bits per heavy atom. The normalized spacial score (nSPS) is 13.0. The van der Waals surface area contributed by atoms with Crippen LogP contribution < -0.4 is 0 Å². The van der Waals surface area contributed by atoms with E-state index in [4.69, 9.17) is 14.4 Å². The molecule has 9 aromatic rings. The summed E-state index contributed by atoms with van der Waals surface area (Å²) in [5.74, 6) is 1.73. The Morgan fingerprint density at radius 2 is 1.31 bits per heavy atom. The van der Waals surface area contributed by atoms with Crippen molar-refractivity contribution < 1.29 is 4.42 Å². The van der Waals surface area contributed by atoms with Crippen LogP contribution in [0.15, 0.2) is 83.3 Å². The number of aromatic nitrogens is 5. The van der Waals surface area contributed by atoms with E-state index in [1.165, 1.54) is 0 Å². The summed E-state index contributed by atoms with van der Waals surface area (Å²) in [5.41, 5.74) is 9.09. The summed E-state index contributed by atoms with van der Waals surface area (Å²) in [6.07, 6.45) is 0. The first-order valence-corrected chi connectivity index (χ1v) is 10.6. The Hall–Kier alpha value is -4.58. The van der Waals surface area contributed by atoms with E-state index in [2.05, 4.69) is 67.8 Å². The van der Waals surface area contributed by atoms with Gasteiger partial charge in [0.05, 0.1) is 27.6 Å². The van der Waals surface area contributed by atoms with Crippen LogP contribution in [0.5, 0.6) is 0 Å². The average Bonchev–Trinajstić information content (AvgIpc) is 3.59. The molecule has 6 heteroatoms. The highest BCUT2D eigenvalue weighted by atomic mass is 16.3. The van der Waals surface area contributed by atoms with Gasteiger partial charge in [0.2, 0.25) is 11.6 Å². The zero-order valence-corrected chi connectivity index (χ0v) is 16.6. The van der Waals surface area contributed by atoms with E-state index in [9.17, 15) is 0 Å². The first-order chi connectivity index (χ1) is 15.9. The summed E-state index contributed by atoms with van der Waals surface area (Å²) >= 11 is 0. The molecule has 0 amide bonds. The molecule has 6 nitrogen and oxygen atoms in total. The van der Waals surface area contributed by atoms with Crippen molar-refractivity contribution in [1.82, 2.24) is 23.2 Å². The average molecular weight is 411 g/mol. The van der Waals surface area contributed by atoms with Gasteiger partial charge >= 0.3 is 0 Å². The lowest BCUT2D eigenvalue weighted by Gasteiger charge is -1.97. The lowest BCUT2D eigenvalue weighted by molar-refractivity contribution is 0.672. The maximum absolute atomic E-state index is 6.27. The number of nitrogens with zero attached hydrogens (tertiary/aromatic N) is 5. The number of para-hydroxylation sites is 4. The molecule has 0 atom stereocenters. The van der Waals surface area contributed by atoms with Crippen molar-refractivity contribution in [2.24, 2.45) is 0 Å². The minimum Gasteiger partial charge on any atom is -0.454 e. The van der Waals surface area contributed by atoms with Crippen LogP contribution in [0.25, 0.3) is 72.1 Å². The third kappa shape index (κ3) is 1.50. The molecule has 0 saturated heterocycles. The van der Waals surface area contributed by atoms with Gasteiger partial charge in [-0.05, 0) is 42.5 Å². The molecule has 32 heavy (non-hydrogen) atoms. The van der Waals surface area contributed by atoms with Gasteiger partial charge in [0.1, 0.15) is 16.6 Å². The van der Waals surface area contributed by atoms with E-state index < -0.39 is 0 Å². The van der Waals surface area contributed by atoms with Crippen LogP contribution in [0.4, 0.5) is 0 Å². The molecule has 5 aromatic heterocycles. The molecular weight excluding hydrogens is 398 g/mol. The Bertz CT molecular complexity index is 2200. The SMILES string of the molecule is c1ccc2c(c1)nc1n2c2cccc3c2n1c1nc2c4oc5ccccc5c4ccc2n31. The Balaban J connectivity index is 1.58. The van der Waals surface area contributed by atoms with E-state index in [-0.39, 0.29) is 0 Å². The number of hydrogen-bond acceptors (Lipinski definition) is 3. The molecule has 0 N–H and O–H groups in total. The zero-order valence-electron chi connectivity index (χ0n) is 16.6. The van der Waals surface area contributed by atoms with Crippen molar-refractivity contribution in [3.05, 3.63) is 78.9 Å². The Morgan fingerprint density at radius 1 is 0.562 bits per heavy atom. The van der Waals surface area contributed by atoms with Crippen LogP contribution in [-0.4, -0.2) is 23.2 Å². The Labute approximate surface area is 178 Å². The van der Waals surface area contributed by atoms with Gasteiger partial charge in [-0.25, -0.2) is 14.4 Å². The maximum atomic E-state index is 6.27. The summed E-state index contributed by atoms with van der Waals surface area (Å²) in [7, 11) is 0. The third-order valence-electron chi connectivity index (χ3n) is 6.79. The van der Waals surface area contributed by atoms with Crippen LogP contribution in [0.1, 0.15) is 0 Å². The number of benzene rings is 4. The lowest BCUT2D eigenvalue weighted by atomic mass is 10.1. The van der Waals surface area contributed by atoms with E-state index in [0.717, 1.165) is 72.1 Å². The first-order valence-electron chi connectivity index (χ1n) is 10.6. The van der Waals surface area contributed by atoms with Gasteiger partial charge in [-0.3, -0.25) is 8.80 Å². The molecule has 5 heterocycles. The summed E-state index contributed by atoms with van der Waals surface area (Å²) in [6, 6.07) is 27.1. The minimum atomic E-state index is 0.830. The highest BCUT2D eigenvalue weighted by Gasteiger charge is 2.24. The fraction of sp³-hybridized carbons (Fsp3) is 0. The Kier molecular flexibility index (Phi) is 2.31. The van der Waals surface area contributed by atoms with E-state index in [0.29, 0.717) is 0 Å². The van der Waals surface area contributed by atoms with Crippen molar-refractivity contribution >= 4 is 72.1 Å². The molecule has 0 aliphatic carbocycles. The van der Waals surface area contributed by atoms with Crippen LogP contribution >= 0.6 is 0 Å². The topological polar surface area (TPSA) is 52.2 Å². The molecular formula is C26H13N5O. The highest BCUT2D eigenvalue weighted by molar-refractivity contribution is 6.15. The molecule has 9 rings (SSSR count). The molecule has 0 bridgehead atoms. The van der Waals surface area contributed by atoms with Gasteiger partial charge in [0.25, 0.3) is 0 Å². The van der Waals surface area contributed by atoms with E-state index in [1.54, 1.807) is 0 Å². The predicted molar refractivity (Wildman–Crippen MR) is 126 cm³/mol. The standard InChI is InChI=1S/C26H13N5O/c1-4-11-21-14(6-1)15-12-13-18-22(24(15)32-21)28-26-30(18)20-10-5-9-19-23(20)31(26)25-27-16-7-2-3-8-17(16)29(19)25/h1-13H. The third-order valence-corrected chi connectivity index (χ3v) is 6.79. The second-order valence-corrected chi connectivity index (χ2v) is 8.37. The van der Waals surface area contributed by atoms with Gasteiger partial charge in [0.15, 0.2) is 5.58 Å². The number of rotatable bonds is 0. The number of fused-ring (bicyclic) bond motifs is 14. The molecule has 148 valence electrons. The number of imidazole rings is 4. The fourth-order valence-corrected chi connectivity index (χ4v) is 5.50. The zero-order chi connectivity index (χ0) is 20.6. The van der Waals surface area contributed by atoms with Crippen molar-refractivity contribution in [3.63, 3.8) is 0 Å². The fourth-order valence-electron chi connectivity index (χ4n) is 5.50. The summed E-state index contributed by atoms with van der Waals surface area (Å²) in [6.45, 7) is 0. The number of furan rings is 1. The summed E-state index contributed by atoms with van der Waals surface area (Å²) in [4.78, 5) is 10.1. The van der Waals surface area contributed by atoms with Crippen LogP contribution in [0.3, 0.4) is 0 Å². The molecule has 0 aliphatic heterocycles. The van der Waals surface area contributed by atoms with Crippen molar-refractivity contribution in [2.75, 3.05) is 0 Å². The monoisotopic (exact) mass is 411 g/mol. The first kappa shape index (κ1) is 15.3. The second-order valence-electron chi connectivity index (χ2n) is 8.37. The van der Waals surface area contributed by atoms with Crippen molar-refractivity contribution in [1.29, 1.82) is 0 Å². The lowest BCUT2D eigenvalue weighted by Crippen LogP contribution is -1.87. The van der Waals surface area contributed by atoms with Gasteiger partial charge < -0.3 is 4.42 Å².